The zero-order chi connectivity index (χ0) is 15.6. The highest BCUT2D eigenvalue weighted by molar-refractivity contribution is 7.89. The van der Waals surface area contributed by atoms with Gasteiger partial charge in [0, 0.05) is 26.2 Å². The Morgan fingerprint density at radius 3 is 2.05 bits per heavy atom. The topological polar surface area (TPSA) is 49.4 Å². The molecule has 0 spiro atoms. The zero-order valence-corrected chi connectivity index (χ0v) is 14.1. The van der Waals surface area contributed by atoms with Crippen LogP contribution < -0.4 is 5.32 Å². The molecule has 0 heterocycles. The van der Waals surface area contributed by atoms with Crippen LogP contribution in [0.2, 0.25) is 0 Å². The Kier molecular flexibility index (Phi) is 5.35. The highest BCUT2D eigenvalue weighted by Crippen LogP contribution is 2.19. The summed E-state index contributed by atoms with van der Waals surface area (Å²) in [5, 5.41) is 3.46. The summed E-state index contributed by atoms with van der Waals surface area (Å²) < 4.78 is 25.2. The van der Waals surface area contributed by atoms with Crippen molar-refractivity contribution in [2.75, 3.05) is 20.6 Å². The van der Waals surface area contributed by atoms with E-state index < -0.39 is 10.0 Å². The molecule has 0 radical (unpaired) electrons. The first-order valence-electron chi connectivity index (χ1n) is 6.81. The van der Waals surface area contributed by atoms with E-state index in [0.29, 0.717) is 10.8 Å². The molecule has 4 nitrogen and oxygen atoms in total. The van der Waals surface area contributed by atoms with Crippen LogP contribution in [0.25, 0.3) is 0 Å². The van der Waals surface area contributed by atoms with E-state index in [9.17, 15) is 8.42 Å². The number of nitrogens with one attached hydrogen (secondary N) is 1. The molecule has 20 heavy (non-hydrogen) atoms. The fraction of sp³-hybridized carbons (Fsp3) is 0.600. The number of rotatable bonds is 5. The Morgan fingerprint density at radius 2 is 1.65 bits per heavy atom. The molecule has 1 N–H and O–H groups in total. The summed E-state index contributed by atoms with van der Waals surface area (Å²) in [5.74, 6) is 0.338. The lowest BCUT2D eigenvalue weighted by Gasteiger charge is -2.23. The van der Waals surface area contributed by atoms with Crippen LogP contribution in [0.15, 0.2) is 29.2 Å². The highest BCUT2D eigenvalue weighted by Gasteiger charge is 2.17. The van der Waals surface area contributed by atoms with Gasteiger partial charge in [-0.05, 0) is 44.4 Å². The molecule has 1 rings (SSSR count). The molecule has 5 heteroatoms. The molecule has 0 amide bonds. The van der Waals surface area contributed by atoms with Crippen molar-refractivity contribution in [3.05, 3.63) is 29.8 Å². The van der Waals surface area contributed by atoms with Crippen molar-refractivity contribution in [1.82, 2.24) is 9.62 Å². The van der Waals surface area contributed by atoms with Gasteiger partial charge in [-0.25, -0.2) is 12.7 Å². The molecule has 0 aromatic heterocycles. The molecular formula is C15H26N2O2S. The van der Waals surface area contributed by atoms with Crippen LogP contribution in [0, 0.1) is 0 Å². The standard InChI is InChI=1S/C15H26N2O2S/c1-12(11-16-15(2,3)4)13-7-9-14(10-8-13)20(18,19)17(5)6/h7-10,12,16H,11H2,1-6H3. The molecular weight excluding hydrogens is 272 g/mol. The van der Waals surface area contributed by atoms with Crippen LogP contribution in [0.4, 0.5) is 0 Å². The second kappa shape index (κ2) is 6.24. The third-order valence-electron chi connectivity index (χ3n) is 3.17. The van der Waals surface area contributed by atoms with Crippen molar-refractivity contribution in [2.24, 2.45) is 0 Å². The van der Waals surface area contributed by atoms with E-state index >= 15 is 0 Å². The monoisotopic (exact) mass is 298 g/mol. The Hall–Kier alpha value is -0.910. The van der Waals surface area contributed by atoms with E-state index in [1.807, 2.05) is 12.1 Å². The number of benzene rings is 1. The second-order valence-corrected chi connectivity index (χ2v) is 8.54. The molecule has 1 aromatic rings. The van der Waals surface area contributed by atoms with Gasteiger partial charge in [-0.1, -0.05) is 19.1 Å². The highest BCUT2D eigenvalue weighted by atomic mass is 32.2. The average molecular weight is 298 g/mol. The molecule has 0 saturated heterocycles. The van der Waals surface area contributed by atoms with E-state index in [1.54, 1.807) is 26.2 Å². The van der Waals surface area contributed by atoms with Crippen LogP contribution in [0.5, 0.6) is 0 Å². The van der Waals surface area contributed by atoms with Crippen molar-refractivity contribution in [3.63, 3.8) is 0 Å². The van der Waals surface area contributed by atoms with Crippen molar-refractivity contribution >= 4 is 10.0 Å². The maximum absolute atomic E-state index is 12.0. The van der Waals surface area contributed by atoms with Crippen LogP contribution >= 0.6 is 0 Å². The van der Waals surface area contributed by atoms with E-state index in [1.165, 1.54) is 4.31 Å². The maximum atomic E-state index is 12.0. The third kappa shape index (κ3) is 4.58. The fourth-order valence-electron chi connectivity index (χ4n) is 1.76. The lowest BCUT2D eigenvalue weighted by molar-refractivity contribution is 0.412. The van der Waals surface area contributed by atoms with Crippen LogP contribution in [-0.2, 0) is 10.0 Å². The molecule has 1 atom stereocenters. The fourth-order valence-corrected chi connectivity index (χ4v) is 2.66. The smallest absolute Gasteiger partial charge is 0.242 e. The molecule has 0 fully saturated rings. The van der Waals surface area contributed by atoms with Crippen molar-refractivity contribution in [3.8, 4) is 0 Å². The van der Waals surface area contributed by atoms with Crippen molar-refractivity contribution in [1.29, 1.82) is 0 Å². The van der Waals surface area contributed by atoms with Gasteiger partial charge < -0.3 is 5.32 Å². The summed E-state index contributed by atoms with van der Waals surface area (Å²) in [6.07, 6.45) is 0. The number of nitrogens with zero attached hydrogens (tertiary/aromatic N) is 1. The number of sulfonamides is 1. The van der Waals surface area contributed by atoms with Gasteiger partial charge in [-0.15, -0.1) is 0 Å². The Labute approximate surface area is 123 Å². The van der Waals surface area contributed by atoms with Crippen molar-refractivity contribution in [2.45, 2.75) is 44.0 Å². The minimum absolute atomic E-state index is 0.0858. The molecule has 114 valence electrons. The van der Waals surface area contributed by atoms with Gasteiger partial charge in [0.25, 0.3) is 0 Å². The summed E-state index contributed by atoms with van der Waals surface area (Å²) in [6.45, 7) is 9.39. The summed E-state index contributed by atoms with van der Waals surface area (Å²) in [6, 6.07) is 7.15. The summed E-state index contributed by atoms with van der Waals surface area (Å²) in [7, 11) is -0.256. The van der Waals surface area contributed by atoms with Gasteiger partial charge in [0.2, 0.25) is 10.0 Å². The predicted molar refractivity (Wildman–Crippen MR) is 83.5 cm³/mol. The summed E-state index contributed by atoms with van der Waals surface area (Å²) in [4.78, 5) is 0.335. The Balaban J connectivity index is 2.82. The molecule has 0 bridgehead atoms. The average Bonchev–Trinajstić information content (AvgIpc) is 2.35. The van der Waals surface area contributed by atoms with E-state index in [2.05, 4.69) is 33.0 Å². The van der Waals surface area contributed by atoms with Gasteiger partial charge in [-0.3, -0.25) is 0 Å². The first-order valence-corrected chi connectivity index (χ1v) is 8.25. The lowest BCUT2D eigenvalue weighted by atomic mass is 9.99. The number of hydrogen-bond donors (Lipinski definition) is 1. The van der Waals surface area contributed by atoms with E-state index in [4.69, 9.17) is 0 Å². The van der Waals surface area contributed by atoms with Gasteiger partial charge >= 0.3 is 0 Å². The SMILES string of the molecule is CC(CNC(C)(C)C)c1ccc(S(=O)(=O)N(C)C)cc1. The van der Waals surface area contributed by atoms with Gasteiger partial charge in [0.05, 0.1) is 4.90 Å². The summed E-state index contributed by atoms with van der Waals surface area (Å²) in [5.41, 5.74) is 1.22. The maximum Gasteiger partial charge on any atom is 0.242 e. The van der Waals surface area contributed by atoms with Crippen LogP contribution in [0.3, 0.4) is 0 Å². The normalized spacial score (nSPS) is 14.6. The van der Waals surface area contributed by atoms with E-state index in [-0.39, 0.29) is 5.54 Å². The van der Waals surface area contributed by atoms with Crippen molar-refractivity contribution < 1.29 is 8.42 Å². The minimum atomic E-state index is -3.34. The van der Waals surface area contributed by atoms with Crippen LogP contribution in [0.1, 0.15) is 39.2 Å². The zero-order valence-electron chi connectivity index (χ0n) is 13.3. The largest absolute Gasteiger partial charge is 0.311 e. The lowest BCUT2D eigenvalue weighted by Crippen LogP contribution is -2.38. The molecule has 1 aromatic carbocycles. The number of hydrogen-bond acceptors (Lipinski definition) is 3. The third-order valence-corrected chi connectivity index (χ3v) is 5.00. The minimum Gasteiger partial charge on any atom is -0.311 e. The second-order valence-electron chi connectivity index (χ2n) is 6.39. The van der Waals surface area contributed by atoms with E-state index in [0.717, 1.165) is 12.1 Å². The van der Waals surface area contributed by atoms with Gasteiger partial charge in [0.15, 0.2) is 0 Å². The molecule has 0 aliphatic rings. The molecule has 0 saturated carbocycles. The summed E-state index contributed by atoms with van der Waals surface area (Å²) >= 11 is 0. The Bertz CT molecular complexity index is 528. The first kappa shape index (κ1) is 17.1. The predicted octanol–water partition coefficient (Wildman–Crippen LogP) is 2.43. The quantitative estimate of drug-likeness (QED) is 0.908. The van der Waals surface area contributed by atoms with Gasteiger partial charge in [0.1, 0.15) is 0 Å². The molecule has 1 unspecified atom stereocenters. The molecule has 0 aliphatic carbocycles. The molecule has 0 aliphatic heterocycles. The first-order chi connectivity index (χ1) is 9.04. The van der Waals surface area contributed by atoms with Crippen LogP contribution in [-0.4, -0.2) is 38.9 Å². The Morgan fingerprint density at radius 1 is 1.15 bits per heavy atom. The van der Waals surface area contributed by atoms with Gasteiger partial charge in [-0.2, -0.15) is 0 Å².